The molecule has 3 heterocycles. The van der Waals surface area contributed by atoms with Gasteiger partial charge < -0.3 is 9.80 Å². The fourth-order valence-electron chi connectivity index (χ4n) is 3.60. The van der Waals surface area contributed by atoms with Gasteiger partial charge in [0.05, 0.1) is 0 Å². The molecule has 1 saturated heterocycles. The summed E-state index contributed by atoms with van der Waals surface area (Å²) in [5.74, 6) is 2.86. The van der Waals surface area contributed by atoms with Gasteiger partial charge in [-0.05, 0) is 32.3 Å². The number of nitrogens with zero attached hydrogens (tertiary/aromatic N) is 6. The molecule has 4 rings (SSSR count). The average Bonchev–Trinajstić information content (AvgIpc) is 3.05. The van der Waals surface area contributed by atoms with E-state index in [0.717, 1.165) is 56.5 Å². The molecule has 1 aliphatic heterocycles. The topological polar surface area (TPSA) is 67.2 Å². The zero-order chi connectivity index (χ0) is 16.7. The number of anilines is 2. The van der Waals surface area contributed by atoms with E-state index >= 15 is 0 Å². The zero-order valence-electron chi connectivity index (χ0n) is 14.2. The van der Waals surface area contributed by atoms with E-state index in [-0.39, 0.29) is 5.56 Å². The maximum atomic E-state index is 11.5. The number of piperazine rings is 1. The van der Waals surface area contributed by atoms with E-state index in [1.807, 2.05) is 13.0 Å². The Kier molecular flexibility index (Phi) is 3.70. The van der Waals surface area contributed by atoms with Crippen LogP contribution in [0, 0.1) is 6.92 Å². The van der Waals surface area contributed by atoms with E-state index in [1.165, 1.54) is 22.4 Å². The maximum Gasteiger partial charge on any atom is 0.266 e. The number of rotatable bonds is 2. The summed E-state index contributed by atoms with van der Waals surface area (Å²) in [5, 5.41) is 4.35. The SMILES string of the molecule is Cc1nc2c(c(N3CCN(c4ccc(=O)n(C)n4)CC3)n1)CCC2. The molecule has 7 heteroatoms. The first-order valence-electron chi connectivity index (χ1n) is 8.52. The molecule has 0 aromatic carbocycles. The van der Waals surface area contributed by atoms with Crippen LogP contribution in [-0.4, -0.2) is 45.9 Å². The molecule has 0 saturated carbocycles. The Hall–Kier alpha value is -2.44. The van der Waals surface area contributed by atoms with Gasteiger partial charge in [-0.1, -0.05) is 0 Å². The molecule has 2 aromatic rings. The smallest absolute Gasteiger partial charge is 0.266 e. The third kappa shape index (κ3) is 2.64. The molecule has 0 spiro atoms. The molecule has 0 radical (unpaired) electrons. The second kappa shape index (κ2) is 5.89. The molecule has 0 amide bonds. The summed E-state index contributed by atoms with van der Waals surface area (Å²) in [6.45, 7) is 5.56. The molecule has 0 bridgehead atoms. The van der Waals surface area contributed by atoms with E-state index in [0.29, 0.717) is 0 Å². The standard InChI is InChI=1S/C17H22N6O/c1-12-18-14-5-3-4-13(14)17(19-12)23-10-8-22(9-11-23)15-6-7-16(24)21(2)20-15/h6-7H,3-5,8-11H2,1-2H3. The normalized spacial score (nSPS) is 17.2. The molecule has 1 aliphatic carbocycles. The number of fused-ring (bicyclic) bond motifs is 1. The van der Waals surface area contributed by atoms with E-state index in [1.54, 1.807) is 13.1 Å². The summed E-state index contributed by atoms with van der Waals surface area (Å²) < 4.78 is 1.39. The van der Waals surface area contributed by atoms with Crippen molar-refractivity contribution >= 4 is 11.6 Å². The Morgan fingerprint density at radius 1 is 1.00 bits per heavy atom. The van der Waals surface area contributed by atoms with Gasteiger partial charge in [-0.25, -0.2) is 14.6 Å². The molecule has 0 N–H and O–H groups in total. The molecule has 2 aliphatic rings. The minimum Gasteiger partial charge on any atom is -0.353 e. The van der Waals surface area contributed by atoms with Crippen LogP contribution in [0.1, 0.15) is 23.5 Å². The quantitative estimate of drug-likeness (QED) is 0.809. The number of aryl methyl sites for hydroxylation is 3. The lowest BCUT2D eigenvalue weighted by atomic mass is 10.2. The second-order valence-electron chi connectivity index (χ2n) is 6.50. The van der Waals surface area contributed by atoms with Crippen LogP contribution in [0.4, 0.5) is 11.6 Å². The maximum absolute atomic E-state index is 11.5. The Labute approximate surface area is 140 Å². The minimum atomic E-state index is -0.0793. The van der Waals surface area contributed by atoms with Gasteiger partial charge in [0.2, 0.25) is 0 Å². The first kappa shape index (κ1) is 15.1. The van der Waals surface area contributed by atoms with Crippen LogP contribution in [0.15, 0.2) is 16.9 Å². The van der Waals surface area contributed by atoms with E-state index in [4.69, 9.17) is 4.98 Å². The van der Waals surface area contributed by atoms with Crippen molar-refractivity contribution in [2.75, 3.05) is 36.0 Å². The van der Waals surface area contributed by atoms with Crippen LogP contribution >= 0.6 is 0 Å². The highest BCUT2D eigenvalue weighted by Gasteiger charge is 2.25. The Balaban J connectivity index is 1.52. The summed E-state index contributed by atoms with van der Waals surface area (Å²) >= 11 is 0. The van der Waals surface area contributed by atoms with Crippen molar-refractivity contribution < 1.29 is 0 Å². The summed E-state index contributed by atoms with van der Waals surface area (Å²) in [7, 11) is 1.69. The highest BCUT2D eigenvalue weighted by molar-refractivity contribution is 5.53. The Bertz CT molecular complexity index is 822. The highest BCUT2D eigenvalue weighted by atomic mass is 16.1. The van der Waals surface area contributed by atoms with Crippen LogP contribution in [0.5, 0.6) is 0 Å². The van der Waals surface area contributed by atoms with Gasteiger partial charge in [-0.3, -0.25) is 4.79 Å². The number of hydrogen-bond donors (Lipinski definition) is 0. The third-order valence-electron chi connectivity index (χ3n) is 4.87. The van der Waals surface area contributed by atoms with E-state index in [9.17, 15) is 4.79 Å². The molecular formula is C17H22N6O. The summed E-state index contributed by atoms with van der Waals surface area (Å²) in [4.78, 5) is 25.4. The lowest BCUT2D eigenvalue weighted by molar-refractivity contribution is 0.617. The first-order valence-corrected chi connectivity index (χ1v) is 8.52. The van der Waals surface area contributed by atoms with Crippen molar-refractivity contribution in [3.8, 4) is 0 Å². The number of hydrogen-bond acceptors (Lipinski definition) is 6. The number of aromatic nitrogens is 4. The zero-order valence-corrected chi connectivity index (χ0v) is 14.2. The monoisotopic (exact) mass is 326 g/mol. The minimum absolute atomic E-state index is 0.0793. The lowest BCUT2D eigenvalue weighted by Crippen LogP contribution is -2.47. The lowest BCUT2D eigenvalue weighted by Gasteiger charge is -2.36. The van der Waals surface area contributed by atoms with Crippen molar-refractivity contribution in [3.63, 3.8) is 0 Å². The Morgan fingerprint density at radius 2 is 1.75 bits per heavy atom. The van der Waals surface area contributed by atoms with Crippen molar-refractivity contribution in [1.82, 2.24) is 19.7 Å². The molecular weight excluding hydrogens is 304 g/mol. The molecule has 0 atom stereocenters. The second-order valence-corrected chi connectivity index (χ2v) is 6.50. The van der Waals surface area contributed by atoms with Crippen LogP contribution in [0.25, 0.3) is 0 Å². The summed E-state index contributed by atoms with van der Waals surface area (Å²) in [6, 6.07) is 3.39. The van der Waals surface area contributed by atoms with Crippen molar-refractivity contribution in [3.05, 3.63) is 39.6 Å². The van der Waals surface area contributed by atoms with E-state index in [2.05, 4.69) is 19.9 Å². The van der Waals surface area contributed by atoms with Gasteiger partial charge >= 0.3 is 0 Å². The van der Waals surface area contributed by atoms with Crippen LogP contribution < -0.4 is 15.4 Å². The largest absolute Gasteiger partial charge is 0.353 e. The summed E-state index contributed by atoms with van der Waals surface area (Å²) in [5.41, 5.74) is 2.50. The van der Waals surface area contributed by atoms with E-state index < -0.39 is 0 Å². The predicted octanol–water partition coefficient (Wildman–Crippen LogP) is 0.694. The molecule has 0 unspecified atom stereocenters. The van der Waals surface area contributed by atoms with Crippen LogP contribution in [0.3, 0.4) is 0 Å². The molecule has 2 aromatic heterocycles. The summed E-state index contributed by atoms with van der Waals surface area (Å²) in [6.07, 6.45) is 3.35. The first-order chi connectivity index (χ1) is 11.6. The van der Waals surface area contributed by atoms with Gasteiger partial charge in [0.15, 0.2) is 0 Å². The fraction of sp³-hybridized carbons (Fsp3) is 0.529. The van der Waals surface area contributed by atoms with Gasteiger partial charge in [-0.2, -0.15) is 5.10 Å². The average molecular weight is 326 g/mol. The molecule has 24 heavy (non-hydrogen) atoms. The van der Waals surface area contributed by atoms with Gasteiger partial charge in [0.25, 0.3) is 5.56 Å². The van der Waals surface area contributed by atoms with Crippen molar-refractivity contribution in [1.29, 1.82) is 0 Å². The van der Waals surface area contributed by atoms with Gasteiger partial charge in [0, 0.05) is 50.6 Å². The van der Waals surface area contributed by atoms with Crippen LogP contribution in [0.2, 0.25) is 0 Å². The predicted molar refractivity (Wildman–Crippen MR) is 92.7 cm³/mol. The van der Waals surface area contributed by atoms with Gasteiger partial charge in [0.1, 0.15) is 17.5 Å². The third-order valence-corrected chi connectivity index (χ3v) is 4.87. The molecule has 7 nitrogen and oxygen atoms in total. The van der Waals surface area contributed by atoms with Gasteiger partial charge in [-0.15, -0.1) is 0 Å². The Morgan fingerprint density at radius 3 is 2.50 bits per heavy atom. The fourth-order valence-corrected chi connectivity index (χ4v) is 3.60. The molecule has 126 valence electrons. The van der Waals surface area contributed by atoms with Crippen LogP contribution in [-0.2, 0) is 19.9 Å². The highest BCUT2D eigenvalue weighted by Crippen LogP contribution is 2.29. The molecule has 1 fully saturated rings. The van der Waals surface area contributed by atoms with Crippen molar-refractivity contribution in [2.45, 2.75) is 26.2 Å². The van der Waals surface area contributed by atoms with Crippen molar-refractivity contribution in [2.24, 2.45) is 7.05 Å².